The molecule has 2 aromatic carbocycles. The fraction of sp³-hybridized carbons (Fsp3) is 0.480. The van der Waals surface area contributed by atoms with Gasteiger partial charge in [0.05, 0.1) is 9.79 Å². The molecule has 3 N–H and O–H groups in total. The van der Waals surface area contributed by atoms with Gasteiger partial charge in [-0.15, -0.1) is 0 Å². The van der Waals surface area contributed by atoms with E-state index in [1.165, 1.54) is 29.2 Å². The monoisotopic (exact) mass is 537 g/mol. The van der Waals surface area contributed by atoms with Gasteiger partial charge < -0.3 is 15.3 Å². The molecular weight excluding hydrogens is 502 g/mol. The van der Waals surface area contributed by atoms with E-state index >= 15 is 0 Å². The van der Waals surface area contributed by atoms with Crippen molar-refractivity contribution in [1.82, 2.24) is 14.9 Å². The molecule has 0 saturated carbocycles. The van der Waals surface area contributed by atoms with Gasteiger partial charge >= 0.3 is 6.09 Å². The fourth-order valence-electron chi connectivity index (χ4n) is 4.03. The highest BCUT2D eigenvalue weighted by atomic mass is 32.2. The first kappa shape index (κ1) is 28.1. The molecule has 0 bridgehead atoms. The molecule has 0 aromatic heterocycles. The zero-order valence-electron chi connectivity index (χ0n) is 20.9. The highest BCUT2D eigenvalue weighted by Gasteiger charge is 2.24. The van der Waals surface area contributed by atoms with E-state index in [1.54, 1.807) is 0 Å². The maximum atomic E-state index is 12.8. The van der Waals surface area contributed by atoms with Crippen LogP contribution in [0.2, 0.25) is 0 Å². The Morgan fingerprint density at radius 2 is 1.61 bits per heavy atom. The summed E-state index contributed by atoms with van der Waals surface area (Å²) in [6.45, 7) is 7.71. The van der Waals surface area contributed by atoms with E-state index in [9.17, 15) is 21.6 Å². The number of sulfonamides is 1. The van der Waals surface area contributed by atoms with Crippen LogP contribution in [0.3, 0.4) is 0 Å². The van der Waals surface area contributed by atoms with Gasteiger partial charge in [0, 0.05) is 19.6 Å². The molecule has 36 heavy (non-hydrogen) atoms. The number of hydrogen-bond donors (Lipinski definition) is 3. The quantitative estimate of drug-likeness (QED) is 0.447. The van der Waals surface area contributed by atoms with Crippen molar-refractivity contribution >= 4 is 26.0 Å². The van der Waals surface area contributed by atoms with E-state index in [4.69, 9.17) is 5.11 Å². The molecule has 2 aromatic rings. The summed E-state index contributed by atoms with van der Waals surface area (Å²) in [5, 5.41) is 12.0. The molecule has 0 atom stereocenters. The lowest BCUT2D eigenvalue weighted by Gasteiger charge is -2.30. The second-order valence-corrected chi connectivity index (χ2v) is 13.9. The molecule has 1 saturated heterocycles. The number of nitrogens with zero attached hydrogens (tertiary/aromatic N) is 1. The van der Waals surface area contributed by atoms with Crippen LogP contribution in [0.25, 0.3) is 0 Å². The van der Waals surface area contributed by atoms with Crippen LogP contribution in [0.4, 0.5) is 4.79 Å². The van der Waals surface area contributed by atoms with Crippen molar-refractivity contribution in [3.05, 3.63) is 59.7 Å². The minimum Gasteiger partial charge on any atom is -0.465 e. The van der Waals surface area contributed by atoms with Crippen molar-refractivity contribution in [2.75, 3.05) is 25.5 Å². The number of carboxylic acid groups (broad SMARTS) is 1. The van der Waals surface area contributed by atoms with Crippen LogP contribution in [0, 0.1) is 5.92 Å². The maximum absolute atomic E-state index is 12.8. The number of likely N-dealkylation sites (tertiary alicyclic amines) is 1. The average molecular weight is 538 g/mol. The van der Waals surface area contributed by atoms with Crippen molar-refractivity contribution < 1.29 is 26.7 Å². The fourth-order valence-corrected chi connectivity index (χ4v) is 6.31. The Morgan fingerprint density at radius 1 is 1.00 bits per heavy atom. The van der Waals surface area contributed by atoms with Crippen LogP contribution < -0.4 is 10.0 Å². The van der Waals surface area contributed by atoms with Crippen LogP contribution in [0.15, 0.2) is 58.3 Å². The highest BCUT2D eigenvalue weighted by Crippen LogP contribution is 2.23. The largest absolute Gasteiger partial charge is 0.465 e. The Bertz CT molecular complexity index is 1260. The van der Waals surface area contributed by atoms with Gasteiger partial charge in [-0.1, -0.05) is 51.1 Å². The normalized spacial score (nSPS) is 15.7. The molecule has 3 rings (SSSR count). The Hall–Kier alpha value is -2.47. The zero-order valence-corrected chi connectivity index (χ0v) is 22.5. The maximum Gasteiger partial charge on any atom is 0.407 e. The number of amides is 1. The molecule has 0 aliphatic carbocycles. The van der Waals surface area contributed by atoms with Gasteiger partial charge in [-0.05, 0) is 60.0 Å². The van der Waals surface area contributed by atoms with Gasteiger partial charge in [0.15, 0.2) is 9.84 Å². The molecule has 1 aliphatic heterocycles. The topological polar surface area (TPSA) is 133 Å². The van der Waals surface area contributed by atoms with Crippen LogP contribution >= 0.6 is 0 Å². The van der Waals surface area contributed by atoms with Crippen molar-refractivity contribution in [2.45, 2.75) is 55.4 Å². The molecule has 11 heteroatoms. The Balaban J connectivity index is 1.58. The number of benzene rings is 2. The molecule has 0 spiro atoms. The third-order valence-electron chi connectivity index (χ3n) is 6.37. The van der Waals surface area contributed by atoms with Crippen molar-refractivity contribution in [2.24, 2.45) is 5.92 Å². The smallest absolute Gasteiger partial charge is 0.407 e. The van der Waals surface area contributed by atoms with Crippen LogP contribution in [0.5, 0.6) is 0 Å². The average Bonchev–Trinajstić information content (AvgIpc) is 2.83. The molecule has 1 fully saturated rings. The number of sulfone groups is 1. The van der Waals surface area contributed by atoms with E-state index in [0.717, 1.165) is 11.1 Å². The molecule has 0 radical (unpaired) electrons. The zero-order chi connectivity index (χ0) is 26.6. The van der Waals surface area contributed by atoms with E-state index < -0.39 is 26.0 Å². The van der Waals surface area contributed by atoms with E-state index in [2.05, 4.69) is 30.8 Å². The van der Waals surface area contributed by atoms with Crippen LogP contribution in [0.1, 0.15) is 44.7 Å². The van der Waals surface area contributed by atoms with Gasteiger partial charge in [-0.2, -0.15) is 0 Å². The predicted octanol–water partition coefficient (Wildman–Crippen LogP) is 3.17. The Labute approximate surface area is 213 Å². The number of carbonyl (C=O) groups is 1. The number of hydrogen-bond acceptors (Lipinski definition) is 6. The Kier molecular flexibility index (Phi) is 8.81. The van der Waals surface area contributed by atoms with Crippen LogP contribution in [-0.2, 0) is 31.8 Å². The first-order valence-corrected chi connectivity index (χ1v) is 15.0. The molecule has 1 amide bonds. The Morgan fingerprint density at radius 3 is 2.19 bits per heavy atom. The second kappa shape index (κ2) is 11.3. The first-order chi connectivity index (χ1) is 16.8. The van der Waals surface area contributed by atoms with Gasteiger partial charge in [0.1, 0.15) is 5.88 Å². The summed E-state index contributed by atoms with van der Waals surface area (Å²) in [5.41, 5.74) is 1.94. The summed E-state index contributed by atoms with van der Waals surface area (Å²) in [6, 6.07) is 13.0. The van der Waals surface area contributed by atoms with Gasteiger partial charge in [0.2, 0.25) is 10.0 Å². The van der Waals surface area contributed by atoms with Crippen LogP contribution in [-0.4, -0.2) is 58.4 Å². The molecular formula is C25H35N3O6S2. The number of rotatable bonds is 9. The lowest BCUT2D eigenvalue weighted by Crippen LogP contribution is -2.40. The van der Waals surface area contributed by atoms with Crippen molar-refractivity contribution in [1.29, 1.82) is 0 Å². The molecule has 198 valence electrons. The SMILES string of the molecule is CC(C)(C)c1ccc(CNS(=O)(=O)c2cccc(S(=O)(=O)CNCC3CCN(C(=O)O)CC3)c2)cc1. The standard InChI is InChI=1S/C25H35N3O6S2/c1-25(2,3)21-9-7-19(8-10-21)17-27-36(33,34)23-6-4-5-22(15-23)35(31,32)18-26-16-20-11-13-28(14-12-20)24(29)30/h4-10,15,20,26-27H,11-14,16-18H2,1-3H3,(H,29,30). The lowest BCUT2D eigenvalue weighted by molar-refractivity contribution is 0.124. The number of piperidine rings is 1. The van der Waals surface area contributed by atoms with Gasteiger partial charge in [-0.3, -0.25) is 0 Å². The van der Waals surface area contributed by atoms with E-state index in [-0.39, 0.29) is 33.5 Å². The van der Waals surface area contributed by atoms with E-state index in [0.29, 0.717) is 32.5 Å². The molecule has 1 heterocycles. The van der Waals surface area contributed by atoms with Gasteiger partial charge in [0.25, 0.3) is 0 Å². The molecule has 1 aliphatic rings. The highest BCUT2D eigenvalue weighted by molar-refractivity contribution is 7.91. The second-order valence-electron chi connectivity index (χ2n) is 10.2. The molecule has 0 unspecified atom stereocenters. The summed E-state index contributed by atoms with van der Waals surface area (Å²) in [5.74, 6) is -0.146. The molecule has 9 nitrogen and oxygen atoms in total. The van der Waals surface area contributed by atoms with Gasteiger partial charge in [-0.25, -0.2) is 26.4 Å². The summed E-state index contributed by atoms with van der Waals surface area (Å²) < 4.78 is 53.9. The van der Waals surface area contributed by atoms with Crippen molar-refractivity contribution in [3.8, 4) is 0 Å². The third-order valence-corrected chi connectivity index (χ3v) is 9.33. The summed E-state index contributed by atoms with van der Waals surface area (Å²) in [4.78, 5) is 12.2. The number of nitrogens with one attached hydrogen (secondary N) is 2. The summed E-state index contributed by atoms with van der Waals surface area (Å²) in [7, 11) is -7.68. The van der Waals surface area contributed by atoms with E-state index in [1.807, 2.05) is 24.3 Å². The predicted molar refractivity (Wildman–Crippen MR) is 138 cm³/mol. The first-order valence-electron chi connectivity index (χ1n) is 11.9. The third kappa shape index (κ3) is 7.52. The van der Waals surface area contributed by atoms with Crippen molar-refractivity contribution in [3.63, 3.8) is 0 Å². The minimum absolute atomic E-state index is 0.00319. The minimum atomic E-state index is -3.92. The lowest BCUT2D eigenvalue weighted by atomic mass is 9.87. The summed E-state index contributed by atoms with van der Waals surface area (Å²) >= 11 is 0. The summed E-state index contributed by atoms with van der Waals surface area (Å²) in [6.07, 6.45) is 0.391.